The molecule has 1 aliphatic carbocycles. The molecular weight excluding hydrogens is 510 g/mol. The van der Waals surface area contributed by atoms with E-state index < -0.39 is 0 Å². The number of nitrogens with zero attached hydrogens (tertiary/aromatic N) is 2. The molecule has 3 fully saturated rings. The third-order valence-corrected chi connectivity index (χ3v) is 8.50. The Morgan fingerprint density at radius 1 is 1.00 bits per heavy atom. The van der Waals surface area contributed by atoms with Crippen LogP contribution in [0.2, 0.25) is 0 Å². The summed E-state index contributed by atoms with van der Waals surface area (Å²) < 4.78 is 22.0. The first-order chi connectivity index (χ1) is 19.4. The number of ether oxygens (including phenoxy) is 4. The molecule has 2 atom stereocenters. The van der Waals surface area contributed by atoms with Gasteiger partial charge in [-0.3, -0.25) is 9.59 Å². The van der Waals surface area contributed by atoms with E-state index in [1.54, 1.807) is 26.4 Å². The molecule has 2 aliphatic heterocycles. The lowest BCUT2D eigenvalue weighted by Crippen LogP contribution is -2.45. The van der Waals surface area contributed by atoms with E-state index in [0.29, 0.717) is 67.0 Å². The van der Waals surface area contributed by atoms with E-state index in [-0.39, 0.29) is 17.9 Å². The average Bonchev–Trinajstić information content (AvgIpc) is 3.71. The van der Waals surface area contributed by atoms with Gasteiger partial charge in [0.15, 0.2) is 11.5 Å². The van der Waals surface area contributed by atoms with Gasteiger partial charge in [-0.2, -0.15) is 0 Å². The van der Waals surface area contributed by atoms with Crippen LogP contribution in [0.3, 0.4) is 0 Å². The van der Waals surface area contributed by atoms with E-state index in [1.807, 2.05) is 11.0 Å². The van der Waals surface area contributed by atoms with Crippen LogP contribution in [-0.4, -0.2) is 101 Å². The molecule has 4 rings (SSSR count). The lowest BCUT2D eigenvalue weighted by molar-refractivity contribution is -0.134. The predicted molar refractivity (Wildman–Crippen MR) is 154 cm³/mol. The minimum atomic E-state index is -0.0142. The molecule has 0 bridgehead atoms. The Morgan fingerprint density at radius 3 is 2.38 bits per heavy atom. The summed E-state index contributed by atoms with van der Waals surface area (Å²) in [6.45, 7) is 9.90. The molecule has 1 aromatic rings. The summed E-state index contributed by atoms with van der Waals surface area (Å²) >= 11 is 0. The van der Waals surface area contributed by atoms with Gasteiger partial charge in [-0.1, -0.05) is 0 Å². The van der Waals surface area contributed by atoms with Gasteiger partial charge in [-0.05, 0) is 75.5 Å². The number of benzene rings is 1. The van der Waals surface area contributed by atoms with Crippen molar-refractivity contribution in [2.24, 2.45) is 17.8 Å². The van der Waals surface area contributed by atoms with Crippen molar-refractivity contribution in [2.75, 3.05) is 66.8 Å². The van der Waals surface area contributed by atoms with Gasteiger partial charge >= 0.3 is 0 Å². The molecule has 2 amide bonds. The fourth-order valence-corrected chi connectivity index (χ4v) is 5.88. The van der Waals surface area contributed by atoms with Crippen molar-refractivity contribution in [1.29, 1.82) is 0 Å². The first kappa shape index (κ1) is 30.6. The van der Waals surface area contributed by atoms with E-state index in [9.17, 15) is 9.59 Å². The van der Waals surface area contributed by atoms with Crippen LogP contribution < -0.4 is 14.8 Å². The lowest BCUT2D eigenvalue weighted by atomic mass is 9.92. The van der Waals surface area contributed by atoms with E-state index in [4.69, 9.17) is 18.9 Å². The highest BCUT2D eigenvalue weighted by Crippen LogP contribution is 2.33. The molecule has 1 N–H and O–H groups in total. The number of hydrogen-bond donors (Lipinski definition) is 1. The highest BCUT2D eigenvalue weighted by Gasteiger charge is 2.39. The number of nitrogens with one attached hydrogen (secondary N) is 1. The molecule has 2 heterocycles. The van der Waals surface area contributed by atoms with Gasteiger partial charge in [0.05, 0.1) is 13.7 Å². The van der Waals surface area contributed by atoms with E-state index in [0.717, 1.165) is 65.0 Å². The van der Waals surface area contributed by atoms with Crippen LogP contribution in [0, 0.1) is 17.8 Å². The Morgan fingerprint density at radius 2 is 1.73 bits per heavy atom. The van der Waals surface area contributed by atoms with Crippen molar-refractivity contribution >= 4 is 11.8 Å². The van der Waals surface area contributed by atoms with Crippen molar-refractivity contribution < 1.29 is 28.5 Å². The summed E-state index contributed by atoms with van der Waals surface area (Å²) in [5.74, 6) is 2.50. The maximum atomic E-state index is 13.8. The second kappa shape index (κ2) is 15.0. The van der Waals surface area contributed by atoms with Crippen LogP contribution >= 0.6 is 0 Å². The second-order valence-electron chi connectivity index (χ2n) is 11.8. The number of amides is 2. The Balaban J connectivity index is 1.40. The third kappa shape index (κ3) is 8.33. The first-order valence-electron chi connectivity index (χ1n) is 15.1. The lowest BCUT2D eigenvalue weighted by Gasteiger charge is -2.34. The highest BCUT2D eigenvalue weighted by molar-refractivity contribution is 5.95. The molecule has 9 nitrogen and oxygen atoms in total. The van der Waals surface area contributed by atoms with Crippen molar-refractivity contribution in [2.45, 2.75) is 64.5 Å². The molecule has 1 aromatic carbocycles. The van der Waals surface area contributed by atoms with Crippen LogP contribution in [-0.2, 0) is 14.3 Å². The maximum Gasteiger partial charge on any atom is 0.254 e. The van der Waals surface area contributed by atoms with Gasteiger partial charge in [0.25, 0.3) is 5.91 Å². The largest absolute Gasteiger partial charge is 0.493 e. The van der Waals surface area contributed by atoms with Gasteiger partial charge in [-0.25, -0.2) is 0 Å². The first-order valence-corrected chi connectivity index (χ1v) is 15.1. The summed E-state index contributed by atoms with van der Waals surface area (Å²) in [6.07, 6.45) is 5.56. The Labute approximate surface area is 239 Å². The zero-order chi connectivity index (χ0) is 28.5. The molecule has 224 valence electrons. The summed E-state index contributed by atoms with van der Waals surface area (Å²) in [4.78, 5) is 31.3. The SMILES string of the molecule is COCCCOc1cc(C(=O)N(CC2CNC[C@H]2CN(C(=O)CC2CCOCC2)C2CC2)C(C)C)ccc1OC. The normalized spacial score (nSPS) is 21.4. The van der Waals surface area contributed by atoms with Crippen LogP contribution in [0.15, 0.2) is 18.2 Å². The van der Waals surface area contributed by atoms with E-state index in [1.165, 1.54) is 0 Å². The van der Waals surface area contributed by atoms with Gasteiger partial charge in [-0.15, -0.1) is 0 Å². The number of rotatable bonds is 15. The highest BCUT2D eigenvalue weighted by atomic mass is 16.5. The topological polar surface area (TPSA) is 89.6 Å². The summed E-state index contributed by atoms with van der Waals surface area (Å²) in [6, 6.07) is 5.83. The van der Waals surface area contributed by atoms with Gasteiger partial charge in [0.1, 0.15) is 0 Å². The number of carbonyl (C=O) groups excluding carboxylic acids is 2. The number of carbonyl (C=O) groups is 2. The Bertz CT molecular complexity index is 962. The number of methoxy groups -OCH3 is 2. The molecular formula is C31H49N3O6. The summed E-state index contributed by atoms with van der Waals surface area (Å²) in [7, 11) is 3.27. The summed E-state index contributed by atoms with van der Waals surface area (Å²) in [5, 5.41) is 3.55. The smallest absolute Gasteiger partial charge is 0.254 e. The standard InChI is InChI=1S/C31H49N3O6/c1-22(2)33(31(36)24-6-9-28(38-4)29(17-24)40-13-5-12-37-3)20-25-18-32-19-26(25)21-34(27-7-8-27)30(35)16-23-10-14-39-15-11-23/h6,9,17,22-23,25-27,32H,5,7-8,10-16,18-21H2,1-4H3/t25?,26-/m0/s1. The fraction of sp³-hybridized carbons (Fsp3) is 0.742. The number of hydrogen-bond acceptors (Lipinski definition) is 7. The minimum Gasteiger partial charge on any atom is -0.493 e. The van der Waals surface area contributed by atoms with Crippen molar-refractivity contribution in [3.63, 3.8) is 0 Å². The molecule has 1 saturated carbocycles. The third-order valence-electron chi connectivity index (χ3n) is 8.50. The van der Waals surface area contributed by atoms with Crippen LogP contribution in [0.4, 0.5) is 0 Å². The maximum absolute atomic E-state index is 13.8. The van der Waals surface area contributed by atoms with Crippen LogP contribution in [0.1, 0.15) is 62.7 Å². The quantitative estimate of drug-likeness (QED) is 0.329. The second-order valence-corrected chi connectivity index (χ2v) is 11.8. The molecule has 1 unspecified atom stereocenters. The van der Waals surface area contributed by atoms with Gasteiger partial charge in [0.2, 0.25) is 5.91 Å². The zero-order valence-electron chi connectivity index (χ0n) is 24.9. The van der Waals surface area contributed by atoms with Gasteiger partial charge < -0.3 is 34.1 Å². The zero-order valence-corrected chi connectivity index (χ0v) is 24.9. The molecule has 0 aromatic heterocycles. The molecule has 0 radical (unpaired) electrons. The molecule has 9 heteroatoms. The Kier molecular flexibility index (Phi) is 11.5. The van der Waals surface area contributed by atoms with E-state index >= 15 is 0 Å². The van der Waals surface area contributed by atoms with E-state index in [2.05, 4.69) is 24.1 Å². The molecule has 40 heavy (non-hydrogen) atoms. The average molecular weight is 560 g/mol. The van der Waals surface area contributed by atoms with Crippen LogP contribution in [0.25, 0.3) is 0 Å². The van der Waals surface area contributed by atoms with Crippen molar-refractivity contribution in [3.8, 4) is 11.5 Å². The summed E-state index contributed by atoms with van der Waals surface area (Å²) in [5.41, 5.74) is 0.588. The molecule has 2 saturated heterocycles. The minimum absolute atomic E-state index is 0.0142. The molecule has 3 aliphatic rings. The van der Waals surface area contributed by atoms with Crippen molar-refractivity contribution in [1.82, 2.24) is 15.1 Å². The van der Waals surface area contributed by atoms with Crippen molar-refractivity contribution in [3.05, 3.63) is 23.8 Å². The van der Waals surface area contributed by atoms with Gasteiger partial charge in [0, 0.05) is 83.6 Å². The Hall–Kier alpha value is -2.36. The van der Waals surface area contributed by atoms with Crippen LogP contribution in [0.5, 0.6) is 11.5 Å². The predicted octanol–water partition coefficient (Wildman–Crippen LogP) is 3.60. The molecule has 0 spiro atoms. The fourth-order valence-electron chi connectivity index (χ4n) is 5.88. The monoisotopic (exact) mass is 559 g/mol.